The number of rotatable bonds is 2. The smallest absolute Gasteiger partial charge is 0.255 e. The van der Waals surface area contributed by atoms with Crippen molar-refractivity contribution in [2.75, 3.05) is 11.1 Å². The van der Waals surface area contributed by atoms with Crippen LogP contribution in [0.5, 0.6) is 0 Å². The first-order chi connectivity index (χ1) is 8.56. The first-order valence-corrected chi connectivity index (χ1v) is 5.49. The predicted octanol–water partition coefficient (Wildman–Crippen LogP) is 2.97. The summed E-state index contributed by atoms with van der Waals surface area (Å²) >= 11 is 0. The standard InChI is InChI=1S/C14H13FN2O/c1-9-8-10(15)2-7-13(9)14(18)17-12-5-3-11(16)4-6-12/h2-8H,16H2,1H3,(H,17,18). The van der Waals surface area contributed by atoms with Gasteiger partial charge in [-0.05, 0) is 55.0 Å². The Morgan fingerprint density at radius 2 is 1.83 bits per heavy atom. The zero-order chi connectivity index (χ0) is 13.1. The summed E-state index contributed by atoms with van der Waals surface area (Å²) in [5.41, 5.74) is 7.89. The van der Waals surface area contributed by atoms with Gasteiger partial charge in [0.25, 0.3) is 5.91 Å². The molecule has 0 saturated carbocycles. The Balaban J connectivity index is 2.19. The first-order valence-electron chi connectivity index (χ1n) is 5.49. The molecule has 2 aromatic carbocycles. The van der Waals surface area contributed by atoms with E-state index in [0.29, 0.717) is 22.5 Å². The third-order valence-corrected chi connectivity index (χ3v) is 2.60. The molecule has 0 bridgehead atoms. The van der Waals surface area contributed by atoms with E-state index >= 15 is 0 Å². The second kappa shape index (κ2) is 4.87. The molecule has 0 heterocycles. The van der Waals surface area contributed by atoms with E-state index < -0.39 is 0 Å². The molecule has 0 radical (unpaired) electrons. The van der Waals surface area contributed by atoms with E-state index in [1.807, 2.05) is 0 Å². The highest BCUT2D eigenvalue weighted by Gasteiger charge is 2.09. The minimum Gasteiger partial charge on any atom is -0.399 e. The number of benzene rings is 2. The van der Waals surface area contributed by atoms with Gasteiger partial charge < -0.3 is 11.1 Å². The van der Waals surface area contributed by atoms with Gasteiger partial charge in [-0.15, -0.1) is 0 Å². The molecule has 1 amide bonds. The molecule has 0 atom stereocenters. The van der Waals surface area contributed by atoms with Gasteiger partial charge in [0, 0.05) is 16.9 Å². The van der Waals surface area contributed by atoms with Crippen LogP contribution in [0.4, 0.5) is 15.8 Å². The third-order valence-electron chi connectivity index (χ3n) is 2.60. The monoisotopic (exact) mass is 244 g/mol. The SMILES string of the molecule is Cc1cc(F)ccc1C(=O)Nc1ccc(N)cc1. The fourth-order valence-electron chi connectivity index (χ4n) is 1.65. The van der Waals surface area contributed by atoms with Crippen LogP contribution in [0.3, 0.4) is 0 Å². The maximum atomic E-state index is 12.9. The van der Waals surface area contributed by atoms with Gasteiger partial charge in [0.15, 0.2) is 0 Å². The Bertz CT molecular complexity index is 579. The Morgan fingerprint density at radius 1 is 1.17 bits per heavy atom. The highest BCUT2D eigenvalue weighted by Crippen LogP contribution is 2.15. The Morgan fingerprint density at radius 3 is 2.44 bits per heavy atom. The zero-order valence-corrected chi connectivity index (χ0v) is 9.91. The number of hydrogen-bond donors (Lipinski definition) is 2. The largest absolute Gasteiger partial charge is 0.399 e. The summed E-state index contributed by atoms with van der Waals surface area (Å²) in [6.07, 6.45) is 0. The molecule has 0 unspecified atom stereocenters. The molecule has 18 heavy (non-hydrogen) atoms. The molecule has 2 aromatic rings. The minimum absolute atomic E-state index is 0.266. The highest BCUT2D eigenvalue weighted by molar-refractivity contribution is 6.05. The van der Waals surface area contributed by atoms with Gasteiger partial charge >= 0.3 is 0 Å². The summed E-state index contributed by atoms with van der Waals surface area (Å²) < 4.78 is 12.9. The summed E-state index contributed by atoms with van der Waals surface area (Å²) in [5, 5.41) is 2.73. The van der Waals surface area contributed by atoms with Crippen molar-refractivity contribution in [3.63, 3.8) is 0 Å². The van der Waals surface area contributed by atoms with Crippen LogP contribution in [-0.4, -0.2) is 5.91 Å². The second-order valence-corrected chi connectivity index (χ2v) is 4.04. The molecule has 3 nitrogen and oxygen atoms in total. The summed E-state index contributed by atoms with van der Waals surface area (Å²) in [4.78, 5) is 12.0. The molecular weight excluding hydrogens is 231 g/mol. The molecule has 0 aliphatic carbocycles. The van der Waals surface area contributed by atoms with Crippen LogP contribution in [-0.2, 0) is 0 Å². The van der Waals surface area contributed by atoms with Crippen molar-refractivity contribution >= 4 is 17.3 Å². The average molecular weight is 244 g/mol. The fourth-order valence-corrected chi connectivity index (χ4v) is 1.65. The number of halogens is 1. The molecule has 0 saturated heterocycles. The van der Waals surface area contributed by atoms with Crippen molar-refractivity contribution < 1.29 is 9.18 Å². The van der Waals surface area contributed by atoms with Gasteiger partial charge in [-0.2, -0.15) is 0 Å². The van der Waals surface area contributed by atoms with Crippen molar-refractivity contribution in [3.05, 3.63) is 59.4 Å². The van der Waals surface area contributed by atoms with Gasteiger partial charge in [0.05, 0.1) is 0 Å². The number of carbonyl (C=O) groups excluding carboxylic acids is 1. The number of nitrogen functional groups attached to an aromatic ring is 1. The Kier molecular flexibility index (Phi) is 3.28. The van der Waals surface area contributed by atoms with Crippen molar-refractivity contribution in [3.8, 4) is 0 Å². The van der Waals surface area contributed by atoms with Gasteiger partial charge in [-0.25, -0.2) is 4.39 Å². The quantitative estimate of drug-likeness (QED) is 0.798. The van der Waals surface area contributed by atoms with Crippen LogP contribution >= 0.6 is 0 Å². The number of amides is 1. The van der Waals surface area contributed by atoms with Crippen molar-refractivity contribution in [1.82, 2.24) is 0 Å². The molecule has 0 aliphatic heterocycles. The van der Waals surface area contributed by atoms with Crippen molar-refractivity contribution in [2.24, 2.45) is 0 Å². The summed E-state index contributed by atoms with van der Waals surface area (Å²) in [7, 11) is 0. The van der Waals surface area contributed by atoms with Crippen LogP contribution in [0.1, 0.15) is 15.9 Å². The maximum Gasteiger partial charge on any atom is 0.255 e. The Hall–Kier alpha value is -2.36. The average Bonchev–Trinajstić information content (AvgIpc) is 2.32. The molecule has 3 N–H and O–H groups in total. The normalized spacial score (nSPS) is 10.1. The summed E-state index contributed by atoms with van der Waals surface area (Å²) in [5.74, 6) is -0.617. The molecule has 2 rings (SSSR count). The van der Waals surface area contributed by atoms with Crippen molar-refractivity contribution in [1.29, 1.82) is 0 Å². The van der Waals surface area contributed by atoms with Gasteiger partial charge in [0.1, 0.15) is 5.82 Å². The van der Waals surface area contributed by atoms with Gasteiger partial charge in [-0.3, -0.25) is 4.79 Å². The maximum absolute atomic E-state index is 12.9. The van der Waals surface area contributed by atoms with Gasteiger partial charge in [0.2, 0.25) is 0 Å². The minimum atomic E-state index is -0.350. The number of nitrogens with one attached hydrogen (secondary N) is 1. The molecule has 0 fully saturated rings. The lowest BCUT2D eigenvalue weighted by Crippen LogP contribution is -2.13. The van der Waals surface area contributed by atoms with Crippen molar-refractivity contribution in [2.45, 2.75) is 6.92 Å². The van der Waals surface area contributed by atoms with E-state index in [4.69, 9.17) is 5.73 Å². The zero-order valence-electron chi connectivity index (χ0n) is 9.91. The number of anilines is 2. The number of aryl methyl sites for hydroxylation is 1. The topological polar surface area (TPSA) is 55.1 Å². The fraction of sp³-hybridized carbons (Fsp3) is 0.0714. The lowest BCUT2D eigenvalue weighted by molar-refractivity contribution is 0.102. The van der Waals surface area contributed by atoms with E-state index in [1.54, 1.807) is 31.2 Å². The predicted molar refractivity (Wildman–Crippen MR) is 69.9 cm³/mol. The van der Waals surface area contributed by atoms with Crippen LogP contribution in [0.2, 0.25) is 0 Å². The van der Waals surface area contributed by atoms with Crippen LogP contribution in [0.15, 0.2) is 42.5 Å². The van der Waals surface area contributed by atoms with Crippen LogP contribution in [0, 0.1) is 12.7 Å². The van der Waals surface area contributed by atoms with E-state index in [-0.39, 0.29) is 11.7 Å². The lowest BCUT2D eigenvalue weighted by Gasteiger charge is -2.08. The molecule has 0 aliphatic rings. The van der Waals surface area contributed by atoms with Gasteiger partial charge in [-0.1, -0.05) is 0 Å². The van der Waals surface area contributed by atoms with E-state index in [0.717, 1.165) is 0 Å². The molecular formula is C14H13FN2O. The molecule has 0 spiro atoms. The summed E-state index contributed by atoms with van der Waals surface area (Å²) in [6.45, 7) is 1.70. The van der Waals surface area contributed by atoms with E-state index in [2.05, 4.69) is 5.32 Å². The number of carbonyl (C=O) groups is 1. The number of hydrogen-bond acceptors (Lipinski definition) is 2. The first kappa shape index (κ1) is 12.1. The lowest BCUT2D eigenvalue weighted by atomic mass is 10.1. The second-order valence-electron chi connectivity index (χ2n) is 4.04. The molecule has 0 aromatic heterocycles. The highest BCUT2D eigenvalue weighted by atomic mass is 19.1. The molecule has 4 heteroatoms. The summed E-state index contributed by atoms with van der Waals surface area (Å²) in [6, 6.07) is 10.9. The van der Waals surface area contributed by atoms with E-state index in [9.17, 15) is 9.18 Å². The van der Waals surface area contributed by atoms with E-state index in [1.165, 1.54) is 18.2 Å². The van der Waals surface area contributed by atoms with Crippen LogP contribution < -0.4 is 11.1 Å². The molecule has 92 valence electrons. The number of nitrogens with two attached hydrogens (primary N) is 1. The Labute approximate surface area is 104 Å². The van der Waals surface area contributed by atoms with Crippen LogP contribution in [0.25, 0.3) is 0 Å². The third kappa shape index (κ3) is 2.66.